The molecule has 25 heavy (non-hydrogen) atoms. The van der Waals surface area contributed by atoms with Gasteiger partial charge in [-0.05, 0) is 55.1 Å². The number of carbonyl (C=O) groups is 3. The number of ketones is 3. The summed E-state index contributed by atoms with van der Waals surface area (Å²) >= 11 is 0. The Morgan fingerprint density at radius 3 is 2.72 bits per heavy atom. The van der Waals surface area contributed by atoms with Crippen molar-refractivity contribution in [2.75, 3.05) is 6.61 Å². The maximum Gasteiger partial charge on any atom is 0.178 e. The standard InChI is InChI=1S/C21H26O4/c1-20-8-7-13(23)9-12(20)3-4-14-15-5-6-16(18(25)11-22)21(15,2)10-17(24)19(14)20/h7-9,14-16,19,22H,3-6,10-11H2,1-2H3/t14-,15?,16+,19+,20-,21-/m0/s1. The van der Waals surface area contributed by atoms with Crippen molar-refractivity contribution in [3.05, 3.63) is 23.8 Å². The smallest absolute Gasteiger partial charge is 0.178 e. The predicted molar refractivity (Wildman–Crippen MR) is 92.6 cm³/mol. The van der Waals surface area contributed by atoms with Crippen molar-refractivity contribution in [2.24, 2.45) is 34.5 Å². The van der Waals surface area contributed by atoms with Gasteiger partial charge in [-0.3, -0.25) is 14.4 Å². The molecule has 4 aliphatic rings. The Hall–Kier alpha value is -1.55. The first kappa shape index (κ1) is 16.9. The second-order valence-electron chi connectivity index (χ2n) is 8.88. The third-order valence-corrected chi connectivity index (χ3v) is 7.80. The molecule has 0 aromatic heterocycles. The summed E-state index contributed by atoms with van der Waals surface area (Å²) in [5.74, 6) is 0.477. The molecule has 4 heteroatoms. The fourth-order valence-electron chi connectivity index (χ4n) is 6.67. The quantitative estimate of drug-likeness (QED) is 0.837. The van der Waals surface area contributed by atoms with E-state index < -0.39 is 6.61 Å². The molecule has 0 aromatic rings. The molecular formula is C21H26O4. The van der Waals surface area contributed by atoms with Crippen molar-refractivity contribution in [3.8, 4) is 0 Å². The molecule has 1 unspecified atom stereocenters. The summed E-state index contributed by atoms with van der Waals surface area (Å²) in [6.07, 6.45) is 9.21. The number of rotatable bonds is 2. The van der Waals surface area contributed by atoms with Gasteiger partial charge in [0, 0.05) is 23.7 Å². The molecule has 4 nitrogen and oxygen atoms in total. The van der Waals surface area contributed by atoms with Crippen molar-refractivity contribution < 1.29 is 19.5 Å². The lowest BCUT2D eigenvalue weighted by Gasteiger charge is -2.55. The van der Waals surface area contributed by atoms with Gasteiger partial charge in [0.25, 0.3) is 0 Å². The first-order chi connectivity index (χ1) is 11.8. The topological polar surface area (TPSA) is 71.4 Å². The van der Waals surface area contributed by atoms with Gasteiger partial charge in [0.1, 0.15) is 12.4 Å². The SMILES string of the molecule is C[C@]12C=CC(=O)C=C1CC[C@H]1C3CC[C@H](C(=O)CO)[C@@]3(C)CC(=O)[C@@H]12. The summed E-state index contributed by atoms with van der Waals surface area (Å²) in [5.41, 5.74) is 0.428. The first-order valence-corrected chi connectivity index (χ1v) is 9.42. The highest BCUT2D eigenvalue weighted by Gasteiger charge is 2.62. The van der Waals surface area contributed by atoms with Crippen LogP contribution in [0.25, 0.3) is 0 Å². The molecule has 4 rings (SSSR count). The number of aliphatic hydroxyl groups is 1. The van der Waals surface area contributed by atoms with Gasteiger partial charge in [0.05, 0.1) is 0 Å². The fraction of sp³-hybridized carbons (Fsp3) is 0.667. The Morgan fingerprint density at radius 1 is 1.24 bits per heavy atom. The van der Waals surface area contributed by atoms with E-state index in [1.165, 1.54) is 0 Å². The molecule has 134 valence electrons. The largest absolute Gasteiger partial charge is 0.389 e. The minimum absolute atomic E-state index is 0.0218. The Labute approximate surface area is 148 Å². The van der Waals surface area contributed by atoms with E-state index >= 15 is 0 Å². The summed E-state index contributed by atoms with van der Waals surface area (Å²) < 4.78 is 0. The average molecular weight is 342 g/mol. The molecule has 0 saturated heterocycles. The van der Waals surface area contributed by atoms with Gasteiger partial charge < -0.3 is 5.11 Å². The lowest BCUT2D eigenvalue weighted by atomic mass is 9.47. The highest BCUT2D eigenvalue weighted by Crippen LogP contribution is 2.64. The maximum atomic E-state index is 13.3. The highest BCUT2D eigenvalue weighted by molar-refractivity contribution is 6.01. The second kappa shape index (κ2) is 5.47. The molecule has 3 fully saturated rings. The van der Waals surface area contributed by atoms with Crippen LogP contribution in [0.2, 0.25) is 0 Å². The van der Waals surface area contributed by atoms with Gasteiger partial charge in [-0.15, -0.1) is 0 Å². The van der Waals surface area contributed by atoms with Crippen molar-refractivity contribution >= 4 is 17.3 Å². The molecule has 6 atom stereocenters. The van der Waals surface area contributed by atoms with E-state index in [2.05, 4.69) is 13.8 Å². The van der Waals surface area contributed by atoms with Gasteiger partial charge in [-0.25, -0.2) is 0 Å². The van der Waals surface area contributed by atoms with Crippen LogP contribution in [0.4, 0.5) is 0 Å². The van der Waals surface area contributed by atoms with Gasteiger partial charge in [0.2, 0.25) is 0 Å². The van der Waals surface area contributed by atoms with Crippen LogP contribution < -0.4 is 0 Å². The molecule has 4 aliphatic carbocycles. The monoisotopic (exact) mass is 342 g/mol. The Kier molecular flexibility index (Phi) is 3.70. The van der Waals surface area contributed by atoms with Crippen LogP contribution >= 0.6 is 0 Å². The van der Waals surface area contributed by atoms with Gasteiger partial charge in [-0.1, -0.05) is 25.5 Å². The van der Waals surface area contributed by atoms with Crippen molar-refractivity contribution in [3.63, 3.8) is 0 Å². The molecule has 3 saturated carbocycles. The van der Waals surface area contributed by atoms with E-state index in [4.69, 9.17) is 0 Å². The fourth-order valence-corrected chi connectivity index (χ4v) is 6.67. The number of hydrogen-bond donors (Lipinski definition) is 1. The third kappa shape index (κ3) is 2.19. The van der Waals surface area contributed by atoms with Crippen LogP contribution in [0.3, 0.4) is 0 Å². The normalized spacial score (nSPS) is 45.5. The number of fused-ring (bicyclic) bond motifs is 5. The summed E-state index contributed by atoms with van der Waals surface area (Å²) in [6, 6.07) is 0. The van der Waals surface area contributed by atoms with E-state index in [1.54, 1.807) is 12.2 Å². The maximum absolute atomic E-state index is 13.3. The van der Waals surface area contributed by atoms with E-state index in [9.17, 15) is 19.5 Å². The van der Waals surface area contributed by atoms with E-state index in [0.29, 0.717) is 12.3 Å². The zero-order valence-corrected chi connectivity index (χ0v) is 15.0. The molecule has 0 radical (unpaired) electrons. The van der Waals surface area contributed by atoms with Gasteiger partial charge in [-0.2, -0.15) is 0 Å². The lowest BCUT2D eigenvalue weighted by Crippen LogP contribution is -2.54. The zero-order chi connectivity index (χ0) is 18.0. The Balaban J connectivity index is 1.73. The van der Waals surface area contributed by atoms with E-state index in [1.807, 2.05) is 6.08 Å². The molecule has 0 bridgehead atoms. The Morgan fingerprint density at radius 2 is 2.00 bits per heavy atom. The summed E-state index contributed by atoms with van der Waals surface area (Å²) in [4.78, 5) is 37.3. The van der Waals surface area contributed by atoms with Crippen LogP contribution in [0, 0.1) is 34.5 Å². The van der Waals surface area contributed by atoms with E-state index in [0.717, 1.165) is 31.3 Å². The molecular weight excluding hydrogens is 316 g/mol. The summed E-state index contributed by atoms with van der Waals surface area (Å²) in [5, 5.41) is 9.34. The summed E-state index contributed by atoms with van der Waals surface area (Å²) in [7, 11) is 0. The van der Waals surface area contributed by atoms with Crippen LogP contribution in [0.5, 0.6) is 0 Å². The number of hydrogen-bond acceptors (Lipinski definition) is 4. The van der Waals surface area contributed by atoms with Gasteiger partial charge >= 0.3 is 0 Å². The van der Waals surface area contributed by atoms with Crippen LogP contribution in [-0.2, 0) is 14.4 Å². The van der Waals surface area contributed by atoms with Crippen molar-refractivity contribution in [1.82, 2.24) is 0 Å². The van der Waals surface area contributed by atoms with Gasteiger partial charge in [0.15, 0.2) is 11.6 Å². The number of carbonyl (C=O) groups excluding carboxylic acids is 3. The highest BCUT2D eigenvalue weighted by atomic mass is 16.3. The summed E-state index contributed by atoms with van der Waals surface area (Å²) in [6.45, 7) is 3.76. The van der Waals surface area contributed by atoms with Crippen LogP contribution in [0.15, 0.2) is 23.8 Å². The average Bonchev–Trinajstić information content (AvgIpc) is 2.91. The van der Waals surface area contributed by atoms with Crippen LogP contribution in [0.1, 0.15) is 46.0 Å². The molecule has 0 heterocycles. The van der Waals surface area contributed by atoms with Crippen molar-refractivity contribution in [2.45, 2.75) is 46.0 Å². The molecule has 0 aliphatic heterocycles. The van der Waals surface area contributed by atoms with Crippen LogP contribution in [-0.4, -0.2) is 29.1 Å². The van der Waals surface area contributed by atoms with Crippen molar-refractivity contribution in [1.29, 1.82) is 0 Å². The zero-order valence-electron chi connectivity index (χ0n) is 15.0. The molecule has 0 spiro atoms. The third-order valence-electron chi connectivity index (χ3n) is 7.80. The molecule has 1 N–H and O–H groups in total. The lowest BCUT2D eigenvalue weighted by molar-refractivity contribution is -0.146. The number of aliphatic hydroxyl groups excluding tert-OH is 1. The predicted octanol–water partition coefficient (Wildman–Crippen LogP) is 2.65. The number of Topliss-reactive ketones (excluding diaryl/α,β-unsaturated/α-hetero) is 2. The molecule has 0 aromatic carbocycles. The Bertz CT molecular complexity index is 717. The minimum Gasteiger partial charge on any atom is -0.389 e. The molecule has 0 amide bonds. The first-order valence-electron chi connectivity index (χ1n) is 9.42. The number of allylic oxidation sites excluding steroid dienone is 4. The minimum atomic E-state index is -0.426. The second-order valence-corrected chi connectivity index (χ2v) is 8.88. The van der Waals surface area contributed by atoms with E-state index in [-0.39, 0.29) is 45.9 Å².